The van der Waals surface area contributed by atoms with E-state index in [1.807, 2.05) is 13.8 Å². The van der Waals surface area contributed by atoms with E-state index in [2.05, 4.69) is 20.8 Å². The first-order chi connectivity index (χ1) is 8.30. The minimum atomic E-state index is -0.303. The number of aliphatic hydroxyl groups excluding tert-OH is 1. The Morgan fingerprint density at radius 3 is 2.39 bits per heavy atom. The Morgan fingerprint density at radius 1 is 1.17 bits per heavy atom. The molecule has 1 aliphatic rings. The van der Waals surface area contributed by atoms with Gasteiger partial charge in [-0.05, 0) is 44.4 Å². The SMILES string of the molecule is CC(C)OCCOC1CC(C(C)(C)C)CCC1O. The Bertz CT molecular complexity index is 232. The van der Waals surface area contributed by atoms with E-state index in [0.29, 0.717) is 24.5 Å². The second-order valence-corrected chi connectivity index (χ2v) is 6.77. The Labute approximate surface area is 112 Å². The maximum absolute atomic E-state index is 10.00. The van der Waals surface area contributed by atoms with Gasteiger partial charge in [-0.1, -0.05) is 20.8 Å². The van der Waals surface area contributed by atoms with Crippen molar-refractivity contribution in [3.63, 3.8) is 0 Å². The predicted molar refractivity (Wildman–Crippen MR) is 73.6 cm³/mol. The van der Waals surface area contributed by atoms with Gasteiger partial charge < -0.3 is 14.6 Å². The molecule has 0 radical (unpaired) electrons. The highest BCUT2D eigenvalue weighted by atomic mass is 16.5. The van der Waals surface area contributed by atoms with Crippen LogP contribution in [-0.2, 0) is 9.47 Å². The lowest BCUT2D eigenvalue weighted by Crippen LogP contribution is -2.40. The number of aliphatic hydroxyl groups is 1. The van der Waals surface area contributed by atoms with Crippen LogP contribution in [-0.4, -0.2) is 36.6 Å². The Hall–Kier alpha value is -0.120. The van der Waals surface area contributed by atoms with Crippen LogP contribution in [0.25, 0.3) is 0 Å². The summed E-state index contributed by atoms with van der Waals surface area (Å²) in [5.41, 5.74) is 0.302. The van der Waals surface area contributed by atoms with Gasteiger partial charge in [0, 0.05) is 0 Å². The lowest BCUT2D eigenvalue weighted by molar-refractivity contribution is -0.0981. The van der Waals surface area contributed by atoms with Crippen molar-refractivity contribution in [1.29, 1.82) is 0 Å². The van der Waals surface area contributed by atoms with Crippen molar-refractivity contribution in [1.82, 2.24) is 0 Å². The second-order valence-electron chi connectivity index (χ2n) is 6.77. The molecule has 0 aromatic rings. The average molecular weight is 258 g/mol. The molecule has 3 unspecified atom stereocenters. The molecule has 1 N–H and O–H groups in total. The monoisotopic (exact) mass is 258 g/mol. The number of ether oxygens (including phenoxy) is 2. The highest BCUT2D eigenvalue weighted by Crippen LogP contribution is 2.38. The maximum Gasteiger partial charge on any atom is 0.0837 e. The van der Waals surface area contributed by atoms with Crippen LogP contribution in [0.2, 0.25) is 0 Å². The van der Waals surface area contributed by atoms with Gasteiger partial charge in [0.25, 0.3) is 0 Å². The number of hydrogen-bond donors (Lipinski definition) is 1. The third-order valence-corrected chi connectivity index (χ3v) is 3.85. The quantitative estimate of drug-likeness (QED) is 0.770. The van der Waals surface area contributed by atoms with Crippen LogP contribution in [0.5, 0.6) is 0 Å². The molecule has 3 heteroatoms. The summed E-state index contributed by atoms with van der Waals surface area (Å²) in [5.74, 6) is 0.636. The van der Waals surface area contributed by atoms with Gasteiger partial charge in [0.1, 0.15) is 0 Å². The van der Waals surface area contributed by atoms with Crippen molar-refractivity contribution in [3.8, 4) is 0 Å². The molecule has 1 rings (SSSR count). The van der Waals surface area contributed by atoms with Crippen LogP contribution >= 0.6 is 0 Å². The molecule has 0 bridgehead atoms. The fourth-order valence-electron chi connectivity index (χ4n) is 2.56. The van der Waals surface area contributed by atoms with Gasteiger partial charge in [-0.2, -0.15) is 0 Å². The summed E-state index contributed by atoms with van der Waals surface area (Å²) >= 11 is 0. The van der Waals surface area contributed by atoms with Crippen LogP contribution in [0.4, 0.5) is 0 Å². The first-order valence-corrected chi connectivity index (χ1v) is 7.22. The summed E-state index contributed by atoms with van der Waals surface area (Å²) in [5, 5.41) is 10.00. The zero-order valence-corrected chi connectivity index (χ0v) is 12.6. The summed E-state index contributed by atoms with van der Waals surface area (Å²) < 4.78 is 11.3. The number of hydrogen-bond acceptors (Lipinski definition) is 3. The topological polar surface area (TPSA) is 38.7 Å². The molecule has 0 heterocycles. The lowest BCUT2D eigenvalue weighted by Gasteiger charge is -2.39. The minimum absolute atomic E-state index is 0.0151. The van der Waals surface area contributed by atoms with E-state index >= 15 is 0 Å². The third-order valence-electron chi connectivity index (χ3n) is 3.85. The molecule has 1 saturated carbocycles. The van der Waals surface area contributed by atoms with E-state index in [-0.39, 0.29) is 18.3 Å². The summed E-state index contributed by atoms with van der Waals surface area (Å²) in [6.07, 6.45) is 2.85. The van der Waals surface area contributed by atoms with Gasteiger partial charge >= 0.3 is 0 Å². The van der Waals surface area contributed by atoms with E-state index in [1.54, 1.807) is 0 Å². The van der Waals surface area contributed by atoms with Gasteiger partial charge in [0.05, 0.1) is 31.5 Å². The van der Waals surface area contributed by atoms with Crippen molar-refractivity contribution in [2.75, 3.05) is 13.2 Å². The van der Waals surface area contributed by atoms with Gasteiger partial charge in [0.15, 0.2) is 0 Å². The minimum Gasteiger partial charge on any atom is -0.390 e. The summed E-state index contributed by atoms with van der Waals surface area (Å²) in [7, 11) is 0. The molecule has 3 nitrogen and oxygen atoms in total. The van der Waals surface area contributed by atoms with Gasteiger partial charge in [0.2, 0.25) is 0 Å². The first kappa shape index (κ1) is 15.9. The van der Waals surface area contributed by atoms with E-state index in [1.165, 1.54) is 0 Å². The molecule has 0 spiro atoms. The van der Waals surface area contributed by atoms with Crippen LogP contribution < -0.4 is 0 Å². The maximum atomic E-state index is 10.00. The van der Waals surface area contributed by atoms with E-state index < -0.39 is 0 Å². The molecular formula is C15H30O3. The van der Waals surface area contributed by atoms with Gasteiger partial charge in [-0.25, -0.2) is 0 Å². The van der Waals surface area contributed by atoms with Gasteiger partial charge in [-0.3, -0.25) is 0 Å². The Kier molecular flexibility index (Phi) is 6.09. The molecule has 0 amide bonds. The smallest absolute Gasteiger partial charge is 0.0837 e. The number of rotatable bonds is 5. The van der Waals surface area contributed by atoms with Gasteiger partial charge in [-0.15, -0.1) is 0 Å². The highest BCUT2D eigenvalue weighted by molar-refractivity contribution is 4.86. The fraction of sp³-hybridized carbons (Fsp3) is 1.00. The van der Waals surface area contributed by atoms with Crippen molar-refractivity contribution < 1.29 is 14.6 Å². The van der Waals surface area contributed by atoms with Crippen LogP contribution in [0, 0.1) is 11.3 Å². The first-order valence-electron chi connectivity index (χ1n) is 7.22. The summed E-state index contributed by atoms with van der Waals surface area (Å²) in [6.45, 7) is 12.0. The van der Waals surface area contributed by atoms with Crippen LogP contribution in [0.3, 0.4) is 0 Å². The van der Waals surface area contributed by atoms with E-state index in [4.69, 9.17) is 9.47 Å². The standard InChI is InChI=1S/C15H30O3/c1-11(2)17-8-9-18-14-10-12(15(3,4)5)6-7-13(14)16/h11-14,16H,6-10H2,1-5H3. The second kappa shape index (κ2) is 6.88. The zero-order valence-electron chi connectivity index (χ0n) is 12.6. The van der Waals surface area contributed by atoms with Crippen molar-refractivity contribution in [2.45, 2.75) is 72.2 Å². The molecule has 18 heavy (non-hydrogen) atoms. The Balaban J connectivity index is 2.34. The third kappa shape index (κ3) is 5.25. The Morgan fingerprint density at radius 2 is 1.83 bits per heavy atom. The van der Waals surface area contributed by atoms with E-state index in [0.717, 1.165) is 19.3 Å². The van der Waals surface area contributed by atoms with Crippen LogP contribution in [0.1, 0.15) is 53.9 Å². The van der Waals surface area contributed by atoms with Crippen molar-refractivity contribution in [3.05, 3.63) is 0 Å². The molecular weight excluding hydrogens is 228 g/mol. The van der Waals surface area contributed by atoms with E-state index in [9.17, 15) is 5.11 Å². The average Bonchev–Trinajstić information content (AvgIpc) is 2.24. The predicted octanol–water partition coefficient (Wildman–Crippen LogP) is 3.00. The molecule has 3 atom stereocenters. The van der Waals surface area contributed by atoms with Crippen LogP contribution in [0.15, 0.2) is 0 Å². The lowest BCUT2D eigenvalue weighted by atomic mass is 9.71. The molecule has 1 aliphatic carbocycles. The van der Waals surface area contributed by atoms with Crippen molar-refractivity contribution >= 4 is 0 Å². The molecule has 1 fully saturated rings. The summed E-state index contributed by atoms with van der Waals surface area (Å²) in [6, 6.07) is 0. The molecule has 0 aromatic carbocycles. The molecule has 108 valence electrons. The molecule has 0 aromatic heterocycles. The molecule has 0 saturated heterocycles. The highest BCUT2D eigenvalue weighted by Gasteiger charge is 2.35. The molecule has 0 aliphatic heterocycles. The van der Waals surface area contributed by atoms with Crippen molar-refractivity contribution in [2.24, 2.45) is 11.3 Å². The summed E-state index contributed by atoms with van der Waals surface area (Å²) in [4.78, 5) is 0. The fourth-order valence-corrected chi connectivity index (χ4v) is 2.56. The normalized spacial score (nSPS) is 29.8. The largest absolute Gasteiger partial charge is 0.390 e. The zero-order chi connectivity index (χ0) is 13.8.